The maximum atomic E-state index is 13.4. The highest BCUT2D eigenvalue weighted by Crippen LogP contribution is 2.41. The molecule has 0 aliphatic carbocycles. The first-order valence-corrected chi connectivity index (χ1v) is 10.8. The molecule has 142 valence electrons. The third-order valence-corrected chi connectivity index (χ3v) is 6.80. The average Bonchev–Trinajstić information content (AvgIpc) is 3.06. The minimum atomic E-state index is -3.22. The SMILES string of the molecule is CCOc1ccccc1N1C(=O)N(c2ccc(C)cc2)[C@H]2CS(=O)(=O)C[C@H]21. The number of sulfone groups is 1. The van der Waals surface area contributed by atoms with E-state index >= 15 is 0 Å². The first-order chi connectivity index (χ1) is 12.9. The Morgan fingerprint density at radius 2 is 1.63 bits per heavy atom. The van der Waals surface area contributed by atoms with E-state index in [1.165, 1.54) is 0 Å². The summed E-state index contributed by atoms with van der Waals surface area (Å²) in [6.07, 6.45) is 0. The van der Waals surface area contributed by atoms with Gasteiger partial charge in [0.2, 0.25) is 0 Å². The number of aryl methyl sites for hydroxylation is 1. The van der Waals surface area contributed by atoms with Crippen molar-refractivity contribution in [2.75, 3.05) is 27.9 Å². The zero-order valence-electron chi connectivity index (χ0n) is 15.3. The lowest BCUT2D eigenvalue weighted by molar-refractivity contribution is 0.254. The van der Waals surface area contributed by atoms with Crippen molar-refractivity contribution in [3.05, 3.63) is 54.1 Å². The molecule has 2 aliphatic heterocycles. The Hall–Kier alpha value is -2.54. The molecule has 0 spiro atoms. The molecule has 2 amide bonds. The fourth-order valence-electron chi connectivity index (χ4n) is 3.93. The zero-order chi connectivity index (χ0) is 19.2. The molecule has 2 aromatic carbocycles. The topological polar surface area (TPSA) is 66.9 Å². The van der Waals surface area contributed by atoms with E-state index in [1.807, 2.05) is 56.3 Å². The monoisotopic (exact) mass is 386 g/mol. The average molecular weight is 386 g/mol. The number of amides is 2. The molecule has 4 rings (SSSR count). The molecule has 7 heteroatoms. The van der Waals surface area contributed by atoms with Gasteiger partial charge in [-0.3, -0.25) is 9.80 Å². The van der Waals surface area contributed by atoms with E-state index in [4.69, 9.17) is 4.74 Å². The van der Waals surface area contributed by atoms with Crippen LogP contribution in [0.5, 0.6) is 5.75 Å². The van der Waals surface area contributed by atoms with Crippen molar-refractivity contribution in [1.82, 2.24) is 0 Å². The number of benzene rings is 2. The predicted octanol–water partition coefficient (Wildman–Crippen LogP) is 3.01. The molecule has 0 unspecified atom stereocenters. The highest BCUT2D eigenvalue weighted by atomic mass is 32.2. The summed E-state index contributed by atoms with van der Waals surface area (Å²) in [5.74, 6) is 0.527. The molecule has 0 aromatic heterocycles. The van der Waals surface area contributed by atoms with Crippen LogP contribution in [0.4, 0.5) is 16.2 Å². The van der Waals surface area contributed by atoms with Gasteiger partial charge in [0.05, 0.1) is 35.9 Å². The highest BCUT2D eigenvalue weighted by molar-refractivity contribution is 7.91. The van der Waals surface area contributed by atoms with Crippen LogP contribution < -0.4 is 14.5 Å². The highest BCUT2D eigenvalue weighted by Gasteiger charge is 2.54. The molecule has 0 bridgehead atoms. The Kier molecular flexibility index (Phi) is 4.34. The molecule has 0 N–H and O–H groups in total. The number of ether oxygens (including phenoxy) is 1. The number of urea groups is 1. The second-order valence-electron chi connectivity index (χ2n) is 6.97. The quantitative estimate of drug-likeness (QED) is 0.758. The Balaban J connectivity index is 1.81. The number of nitrogens with zero attached hydrogens (tertiary/aromatic N) is 2. The van der Waals surface area contributed by atoms with Gasteiger partial charge in [-0.05, 0) is 38.1 Å². The summed E-state index contributed by atoms with van der Waals surface area (Å²) in [6, 6.07) is 13.8. The van der Waals surface area contributed by atoms with Gasteiger partial charge in [-0.15, -0.1) is 0 Å². The van der Waals surface area contributed by atoms with Crippen LogP contribution in [-0.2, 0) is 9.84 Å². The molecular weight excluding hydrogens is 364 g/mol. The first-order valence-electron chi connectivity index (χ1n) is 9.02. The third kappa shape index (κ3) is 3.06. The van der Waals surface area contributed by atoms with Crippen LogP contribution in [0.1, 0.15) is 12.5 Å². The fourth-order valence-corrected chi connectivity index (χ4v) is 5.85. The molecule has 0 saturated carbocycles. The van der Waals surface area contributed by atoms with E-state index < -0.39 is 21.9 Å². The number of hydrogen-bond acceptors (Lipinski definition) is 4. The maximum Gasteiger partial charge on any atom is 0.329 e. The Morgan fingerprint density at radius 3 is 2.30 bits per heavy atom. The van der Waals surface area contributed by atoms with Gasteiger partial charge in [-0.2, -0.15) is 0 Å². The lowest BCUT2D eigenvalue weighted by Gasteiger charge is -2.24. The van der Waals surface area contributed by atoms with Gasteiger partial charge < -0.3 is 4.74 Å². The number of para-hydroxylation sites is 2. The Morgan fingerprint density at radius 1 is 1.00 bits per heavy atom. The summed E-state index contributed by atoms with van der Waals surface area (Å²) in [7, 11) is -3.22. The molecular formula is C20H22N2O4S. The van der Waals surface area contributed by atoms with E-state index in [0.29, 0.717) is 23.7 Å². The number of carbonyl (C=O) groups is 1. The molecule has 2 saturated heterocycles. The second-order valence-corrected chi connectivity index (χ2v) is 9.12. The van der Waals surface area contributed by atoms with Crippen LogP contribution in [0.25, 0.3) is 0 Å². The molecule has 2 heterocycles. The van der Waals surface area contributed by atoms with Gasteiger partial charge in [0.25, 0.3) is 0 Å². The molecule has 2 atom stereocenters. The van der Waals surface area contributed by atoms with Crippen LogP contribution in [0.2, 0.25) is 0 Å². The number of anilines is 2. The van der Waals surface area contributed by atoms with Crippen molar-refractivity contribution in [1.29, 1.82) is 0 Å². The van der Waals surface area contributed by atoms with Gasteiger partial charge in [0, 0.05) is 5.69 Å². The summed E-state index contributed by atoms with van der Waals surface area (Å²) in [5.41, 5.74) is 2.42. The van der Waals surface area contributed by atoms with Gasteiger partial charge in [0.1, 0.15) is 5.75 Å². The lowest BCUT2D eigenvalue weighted by atomic mass is 10.1. The van der Waals surface area contributed by atoms with Crippen molar-refractivity contribution in [3.8, 4) is 5.75 Å². The molecule has 2 aromatic rings. The zero-order valence-corrected chi connectivity index (χ0v) is 16.1. The summed E-state index contributed by atoms with van der Waals surface area (Å²) in [5, 5.41) is 0. The van der Waals surface area contributed by atoms with Gasteiger partial charge in [-0.1, -0.05) is 29.8 Å². The van der Waals surface area contributed by atoms with Crippen LogP contribution in [0.15, 0.2) is 48.5 Å². The van der Waals surface area contributed by atoms with E-state index in [9.17, 15) is 13.2 Å². The summed E-state index contributed by atoms with van der Waals surface area (Å²) in [4.78, 5) is 16.6. The summed E-state index contributed by atoms with van der Waals surface area (Å²) in [6.45, 7) is 4.32. The van der Waals surface area contributed by atoms with E-state index in [0.717, 1.165) is 5.56 Å². The minimum Gasteiger partial charge on any atom is -0.492 e. The molecule has 2 fully saturated rings. The standard InChI is InChI=1S/C20H22N2O4S/c1-3-26-19-7-5-4-6-16(19)22-18-13-27(24,25)12-17(18)21(20(22)23)15-10-8-14(2)9-11-15/h4-11,17-18H,3,12-13H2,1-2H3/t17-,18+/m0/s1. The Bertz CT molecular complexity index is 972. The van der Waals surface area contributed by atoms with Crippen molar-refractivity contribution >= 4 is 27.2 Å². The Labute approximate surface area is 159 Å². The second kappa shape index (κ2) is 6.56. The van der Waals surface area contributed by atoms with Crippen molar-refractivity contribution in [2.24, 2.45) is 0 Å². The van der Waals surface area contributed by atoms with E-state index in [1.54, 1.807) is 15.9 Å². The van der Waals surface area contributed by atoms with Crippen LogP contribution in [-0.4, -0.2) is 44.6 Å². The van der Waals surface area contributed by atoms with Gasteiger partial charge in [0.15, 0.2) is 9.84 Å². The minimum absolute atomic E-state index is 0.0232. The van der Waals surface area contributed by atoms with Crippen LogP contribution >= 0.6 is 0 Å². The number of hydrogen-bond donors (Lipinski definition) is 0. The number of rotatable bonds is 4. The molecule has 0 radical (unpaired) electrons. The van der Waals surface area contributed by atoms with E-state index in [-0.39, 0.29) is 17.5 Å². The van der Waals surface area contributed by atoms with Crippen LogP contribution in [0, 0.1) is 6.92 Å². The van der Waals surface area contributed by atoms with E-state index in [2.05, 4.69) is 0 Å². The third-order valence-electron chi connectivity index (χ3n) is 5.11. The molecule has 6 nitrogen and oxygen atoms in total. The smallest absolute Gasteiger partial charge is 0.329 e. The lowest BCUT2D eigenvalue weighted by Crippen LogP contribution is -2.38. The number of fused-ring (bicyclic) bond motifs is 1. The molecule has 2 aliphatic rings. The maximum absolute atomic E-state index is 13.4. The first kappa shape index (κ1) is 17.9. The van der Waals surface area contributed by atoms with Gasteiger partial charge in [-0.25, -0.2) is 13.2 Å². The molecule has 27 heavy (non-hydrogen) atoms. The van der Waals surface area contributed by atoms with Crippen molar-refractivity contribution in [2.45, 2.75) is 25.9 Å². The summed E-state index contributed by atoms with van der Waals surface area (Å²) >= 11 is 0. The van der Waals surface area contributed by atoms with Crippen LogP contribution in [0.3, 0.4) is 0 Å². The fraction of sp³-hybridized carbons (Fsp3) is 0.350. The predicted molar refractivity (Wildman–Crippen MR) is 105 cm³/mol. The van der Waals surface area contributed by atoms with Gasteiger partial charge >= 0.3 is 6.03 Å². The van der Waals surface area contributed by atoms with Crippen molar-refractivity contribution in [3.63, 3.8) is 0 Å². The van der Waals surface area contributed by atoms with Crippen molar-refractivity contribution < 1.29 is 17.9 Å². The summed E-state index contributed by atoms with van der Waals surface area (Å²) < 4.78 is 30.4. The largest absolute Gasteiger partial charge is 0.492 e. The normalized spacial score (nSPS) is 23.6. The number of carbonyl (C=O) groups excluding carboxylic acids is 1.